The number of carbonyl (C=O) groups excluding carboxylic acids is 2. The first kappa shape index (κ1) is 18.5. The van der Waals surface area contributed by atoms with Gasteiger partial charge >= 0.3 is 0 Å². The molecule has 2 aromatic carbocycles. The average molecular weight is 410 g/mol. The van der Waals surface area contributed by atoms with Crippen LogP contribution in [0.3, 0.4) is 0 Å². The topological polar surface area (TPSA) is 57.6 Å². The van der Waals surface area contributed by atoms with Gasteiger partial charge in [0.05, 0.1) is 5.57 Å². The number of anilines is 1. The summed E-state index contributed by atoms with van der Waals surface area (Å²) in [6.07, 6.45) is 0. The third kappa shape index (κ3) is 3.13. The largest absolute Gasteiger partial charge is 0.507 e. The van der Waals surface area contributed by atoms with Crippen molar-refractivity contribution in [3.8, 4) is 0 Å². The Morgan fingerprint density at radius 2 is 1.71 bits per heavy atom. The summed E-state index contributed by atoms with van der Waals surface area (Å²) in [6, 6.07) is 16.9. The van der Waals surface area contributed by atoms with Crippen LogP contribution in [0.15, 0.2) is 71.6 Å². The summed E-state index contributed by atoms with van der Waals surface area (Å²) >= 11 is 7.36. The number of aliphatic hydroxyl groups excluding tert-OH is 1. The van der Waals surface area contributed by atoms with Crippen molar-refractivity contribution in [3.05, 3.63) is 92.6 Å². The van der Waals surface area contributed by atoms with Gasteiger partial charge in [0.1, 0.15) is 11.8 Å². The van der Waals surface area contributed by atoms with E-state index in [0.29, 0.717) is 16.3 Å². The van der Waals surface area contributed by atoms with E-state index in [4.69, 9.17) is 11.6 Å². The standard InChI is InChI=1S/C22H16ClNO3S/c1-13-4-10-16(11-5-13)24-19(17-3-2-12-28-17)18(21(26)22(24)27)20(25)14-6-8-15(23)9-7-14/h2-12,19,25H,1H3/b20-18-. The molecule has 1 atom stereocenters. The zero-order valence-corrected chi connectivity index (χ0v) is 16.5. The van der Waals surface area contributed by atoms with Gasteiger partial charge in [0.25, 0.3) is 11.7 Å². The molecule has 1 amide bonds. The summed E-state index contributed by atoms with van der Waals surface area (Å²) in [5.41, 5.74) is 2.18. The lowest BCUT2D eigenvalue weighted by Gasteiger charge is -2.24. The molecule has 1 fully saturated rings. The molecule has 4 rings (SSSR count). The second-order valence-corrected chi connectivity index (χ2v) is 7.94. The van der Waals surface area contributed by atoms with Gasteiger partial charge < -0.3 is 5.11 Å². The number of rotatable bonds is 3. The first-order valence-electron chi connectivity index (χ1n) is 8.64. The second-order valence-electron chi connectivity index (χ2n) is 6.53. The zero-order chi connectivity index (χ0) is 19.8. The monoisotopic (exact) mass is 409 g/mol. The fraction of sp³-hybridized carbons (Fsp3) is 0.0909. The minimum absolute atomic E-state index is 0.0790. The number of aryl methyl sites for hydroxylation is 1. The maximum absolute atomic E-state index is 12.9. The first-order chi connectivity index (χ1) is 13.5. The number of carbonyl (C=O) groups is 2. The number of aliphatic hydroxyl groups is 1. The van der Waals surface area contributed by atoms with Gasteiger partial charge in [-0.2, -0.15) is 0 Å². The number of nitrogens with zero attached hydrogens (tertiary/aromatic N) is 1. The molecule has 2 heterocycles. The van der Waals surface area contributed by atoms with Crippen LogP contribution in [0.25, 0.3) is 5.76 Å². The summed E-state index contributed by atoms with van der Waals surface area (Å²) in [5, 5.41) is 13.3. The van der Waals surface area contributed by atoms with E-state index in [1.54, 1.807) is 24.3 Å². The first-order valence-corrected chi connectivity index (χ1v) is 9.90. The molecule has 6 heteroatoms. The summed E-state index contributed by atoms with van der Waals surface area (Å²) in [5.74, 6) is -1.56. The highest BCUT2D eigenvalue weighted by Crippen LogP contribution is 2.43. The van der Waals surface area contributed by atoms with Gasteiger partial charge in [0.15, 0.2) is 0 Å². The minimum Gasteiger partial charge on any atom is -0.507 e. The van der Waals surface area contributed by atoms with Crippen LogP contribution in [0.2, 0.25) is 5.02 Å². The third-order valence-corrected chi connectivity index (χ3v) is 5.86. The van der Waals surface area contributed by atoms with Crippen molar-refractivity contribution in [2.75, 3.05) is 4.90 Å². The predicted octanol–water partition coefficient (Wildman–Crippen LogP) is 5.34. The fourth-order valence-corrected chi connectivity index (χ4v) is 4.23. The Balaban J connectivity index is 1.91. The quantitative estimate of drug-likeness (QED) is 0.361. The lowest BCUT2D eigenvalue weighted by atomic mass is 9.99. The molecule has 3 aromatic rings. The number of ketones is 1. The maximum Gasteiger partial charge on any atom is 0.300 e. The molecule has 1 aliphatic heterocycles. The third-order valence-electron chi connectivity index (χ3n) is 4.69. The molecule has 0 bridgehead atoms. The van der Waals surface area contributed by atoms with E-state index in [1.165, 1.54) is 16.2 Å². The zero-order valence-electron chi connectivity index (χ0n) is 14.9. The lowest BCUT2D eigenvalue weighted by Crippen LogP contribution is -2.29. The molecular weight excluding hydrogens is 394 g/mol. The Morgan fingerprint density at radius 1 is 1.04 bits per heavy atom. The minimum atomic E-state index is -0.702. The number of Topliss-reactive ketones (excluding diaryl/α,β-unsaturated/α-hetero) is 1. The number of halogens is 1. The van der Waals surface area contributed by atoms with Crippen molar-refractivity contribution < 1.29 is 14.7 Å². The summed E-state index contributed by atoms with van der Waals surface area (Å²) in [6.45, 7) is 1.95. The lowest BCUT2D eigenvalue weighted by molar-refractivity contribution is -0.132. The highest BCUT2D eigenvalue weighted by Gasteiger charge is 2.47. The Morgan fingerprint density at radius 3 is 2.32 bits per heavy atom. The Hall–Kier alpha value is -2.89. The molecular formula is C22H16ClNO3S. The van der Waals surface area contributed by atoms with Gasteiger partial charge in [0, 0.05) is 21.2 Å². The van der Waals surface area contributed by atoms with Crippen LogP contribution >= 0.6 is 22.9 Å². The fourth-order valence-electron chi connectivity index (χ4n) is 3.28. The Labute approximate surface area is 171 Å². The SMILES string of the molecule is Cc1ccc(N2C(=O)C(=O)/C(=C(\O)c3ccc(Cl)cc3)C2c2cccs2)cc1. The van der Waals surface area contributed by atoms with Crippen molar-refractivity contribution in [2.24, 2.45) is 0 Å². The number of benzene rings is 2. The van der Waals surface area contributed by atoms with Crippen LogP contribution in [0, 0.1) is 6.92 Å². The van der Waals surface area contributed by atoms with Crippen LogP contribution in [0.1, 0.15) is 22.0 Å². The van der Waals surface area contributed by atoms with E-state index in [-0.39, 0.29) is 11.3 Å². The van der Waals surface area contributed by atoms with Crippen molar-refractivity contribution >= 4 is 46.1 Å². The average Bonchev–Trinajstić information content (AvgIpc) is 3.30. The van der Waals surface area contributed by atoms with E-state index in [1.807, 2.05) is 48.7 Å². The number of hydrogen-bond acceptors (Lipinski definition) is 4. The van der Waals surface area contributed by atoms with E-state index < -0.39 is 17.7 Å². The highest BCUT2D eigenvalue weighted by molar-refractivity contribution is 7.10. The van der Waals surface area contributed by atoms with Crippen molar-refractivity contribution in [1.82, 2.24) is 0 Å². The molecule has 28 heavy (non-hydrogen) atoms. The normalized spacial score (nSPS) is 18.6. The predicted molar refractivity (Wildman–Crippen MR) is 112 cm³/mol. The number of thiophene rings is 1. The van der Waals surface area contributed by atoms with Gasteiger partial charge in [-0.3, -0.25) is 14.5 Å². The Bertz CT molecular complexity index is 1070. The van der Waals surface area contributed by atoms with Crippen LogP contribution in [-0.2, 0) is 9.59 Å². The molecule has 0 radical (unpaired) electrons. The van der Waals surface area contributed by atoms with Gasteiger partial charge in [-0.15, -0.1) is 11.3 Å². The summed E-state index contributed by atoms with van der Waals surface area (Å²) < 4.78 is 0. The second kappa shape index (κ2) is 7.26. The Kier molecular flexibility index (Phi) is 4.79. The summed E-state index contributed by atoms with van der Waals surface area (Å²) in [4.78, 5) is 28.1. The molecule has 1 saturated heterocycles. The van der Waals surface area contributed by atoms with Crippen molar-refractivity contribution in [2.45, 2.75) is 13.0 Å². The number of hydrogen-bond donors (Lipinski definition) is 1. The molecule has 0 aliphatic carbocycles. The molecule has 4 nitrogen and oxygen atoms in total. The van der Waals surface area contributed by atoms with Crippen molar-refractivity contribution in [3.63, 3.8) is 0 Å². The molecule has 1 aromatic heterocycles. The molecule has 1 aliphatic rings. The molecule has 0 saturated carbocycles. The van der Waals surface area contributed by atoms with Gasteiger partial charge in [-0.1, -0.05) is 35.4 Å². The van der Waals surface area contributed by atoms with E-state index in [0.717, 1.165) is 10.4 Å². The van der Waals surface area contributed by atoms with Crippen LogP contribution in [-0.4, -0.2) is 16.8 Å². The molecule has 0 spiro atoms. The maximum atomic E-state index is 12.9. The van der Waals surface area contributed by atoms with Crippen LogP contribution < -0.4 is 4.90 Å². The van der Waals surface area contributed by atoms with Gasteiger partial charge in [-0.25, -0.2) is 0 Å². The summed E-state index contributed by atoms with van der Waals surface area (Å²) in [7, 11) is 0. The van der Waals surface area contributed by atoms with Crippen LogP contribution in [0.5, 0.6) is 0 Å². The van der Waals surface area contributed by atoms with E-state index >= 15 is 0 Å². The number of amides is 1. The van der Waals surface area contributed by atoms with Gasteiger partial charge in [-0.05, 0) is 54.8 Å². The van der Waals surface area contributed by atoms with Gasteiger partial charge in [0.2, 0.25) is 0 Å². The van der Waals surface area contributed by atoms with Crippen LogP contribution in [0.4, 0.5) is 5.69 Å². The van der Waals surface area contributed by atoms with E-state index in [9.17, 15) is 14.7 Å². The van der Waals surface area contributed by atoms with Crippen molar-refractivity contribution in [1.29, 1.82) is 0 Å². The highest BCUT2D eigenvalue weighted by atomic mass is 35.5. The molecule has 1 N–H and O–H groups in total. The molecule has 1 unspecified atom stereocenters. The smallest absolute Gasteiger partial charge is 0.300 e. The molecule has 140 valence electrons. The van der Waals surface area contributed by atoms with E-state index in [2.05, 4.69) is 0 Å².